The third kappa shape index (κ3) is 3.11. The number of nitrogens with zero attached hydrogens (tertiary/aromatic N) is 1. The average molecular weight is 318 g/mol. The van der Waals surface area contributed by atoms with Crippen LogP contribution < -0.4 is 5.32 Å². The molecule has 1 aromatic heterocycles. The Hall–Kier alpha value is -2.63. The summed E-state index contributed by atoms with van der Waals surface area (Å²) >= 11 is 0. The van der Waals surface area contributed by atoms with Crippen molar-refractivity contribution in [2.24, 2.45) is 0 Å². The van der Waals surface area contributed by atoms with E-state index in [2.05, 4.69) is 10.3 Å². The lowest BCUT2D eigenvalue weighted by Gasteiger charge is -2.24. The molecule has 1 N–H and O–H groups in total. The van der Waals surface area contributed by atoms with Crippen molar-refractivity contribution in [3.8, 4) is 0 Å². The number of hydrogen-bond donors (Lipinski definition) is 1. The Bertz CT molecular complexity index is 767. The van der Waals surface area contributed by atoms with Gasteiger partial charge < -0.3 is 5.32 Å². The smallest absolute Gasteiger partial charge is 0.325 e. The number of halogens is 3. The van der Waals surface area contributed by atoms with Crippen LogP contribution in [0.4, 0.5) is 13.2 Å². The van der Waals surface area contributed by atoms with Crippen LogP contribution >= 0.6 is 0 Å². The molecule has 0 atom stereocenters. The van der Waals surface area contributed by atoms with Gasteiger partial charge in [0, 0.05) is 11.9 Å². The molecule has 6 heteroatoms. The molecule has 1 aliphatic carbocycles. The third-order valence-electron chi connectivity index (χ3n) is 3.70. The summed E-state index contributed by atoms with van der Waals surface area (Å²) in [6, 6.07) is 10.2. The number of amides is 1. The van der Waals surface area contributed by atoms with Crippen LogP contribution in [0, 0.1) is 0 Å². The fourth-order valence-electron chi connectivity index (χ4n) is 2.47. The van der Waals surface area contributed by atoms with Crippen molar-refractivity contribution < 1.29 is 18.0 Å². The first-order chi connectivity index (χ1) is 11.0. The summed E-state index contributed by atoms with van der Waals surface area (Å²) in [7, 11) is 0. The van der Waals surface area contributed by atoms with E-state index >= 15 is 0 Å². The van der Waals surface area contributed by atoms with E-state index in [1.165, 1.54) is 18.2 Å². The molecule has 23 heavy (non-hydrogen) atoms. The zero-order chi connectivity index (χ0) is 16.4. The number of aromatic nitrogens is 1. The van der Waals surface area contributed by atoms with Gasteiger partial charge in [0.2, 0.25) is 0 Å². The summed E-state index contributed by atoms with van der Waals surface area (Å²) in [4.78, 5) is 16.4. The Balaban J connectivity index is 1.87. The average Bonchev–Trinajstić information content (AvgIpc) is 2.51. The molecular weight excluding hydrogens is 305 g/mol. The van der Waals surface area contributed by atoms with Gasteiger partial charge in [0.15, 0.2) is 0 Å². The van der Waals surface area contributed by atoms with E-state index in [-0.39, 0.29) is 5.56 Å². The fourth-order valence-corrected chi connectivity index (χ4v) is 2.47. The molecule has 0 fully saturated rings. The van der Waals surface area contributed by atoms with Gasteiger partial charge in [-0.25, -0.2) is 0 Å². The number of carbonyl (C=O) groups excluding carboxylic acids is 1. The molecule has 1 amide bonds. The highest BCUT2D eigenvalue weighted by molar-refractivity contribution is 5.98. The molecule has 0 unspecified atom stereocenters. The van der Waals surface area contributed by atoms with Gasteiger partial charge in [0.1, 0.15) is 0 Å². The molecule has 3 rings (SSSR count). The molecule has 1 heterocycles. The molecule has 1 aromatic carbocycles. The predicted octanol–water partition coefficient (Wildman–Crippen LogP) is 4.04. The van der Waals surface area contributed by atoms with Crippen molar-refractivity contribution in [1.82, 2.24) is 10.3 Å². The monoisotopic (exact) mass is 318 g/mol. The summed E-state index contributed by atoms with van der Waals surface area (Å²) in [6.45, 7) is 0. The van der Waals surface area contributed by atoms with Crippen molar-refractivity contribution >= 4 is 11.5 Å². The lowest BCUT2D eigenvalue weighted by atomic mass is 9.90. The molecule has 3 nitrogen and oxygen atoms in total. The predicted molar refractivity (Wildman–Crippen MR) is 79.3 cm³/mol. The fraction of sp³-hybridized carbons (Fsp3) is 0.176. The van der Waals surface area contributed by atoms with E-state index in [9.17, 15) is 18.0 Å². The Morgan fingerprint density at radius 1 is 1.04 bits per heavy atom. The van der Waals surface area contributed by atoms with Gasteiger partial charge >= 0.3 is 6.18 Å². The van der Waals surface area contributed by atoms with Crippen LogP contribution in [0.5, 0.6) is 0 Å². The third-order valence-corrected chi connectivity index (χ3v) is 3.70. The first kappa shape index (κ1) is 15.3. The minimum Gasteiger partial charge on any atom is -0.325 e. The molecule has 1 aliphatic rings. The SMILES string of the molecule is O=C(NC1=C(c2ccccn2)CC1)c1ccccc1C(F)(F)F. The first-order valence-electron chi connectivity index (χ1n) is 7.08. The van der Waals surface area contributed by atoms with E-state index in [0.717, 1.165) is 23.8 Å². The van der Waals surface area contributed by atoms with Gasteiger partial charge in [0.05, 0.1) is 16.8 Å². The number of rotatable bonds is 3. The molecule has 0 radical (unpaired) electrons. The highest BCUT2D eigenvalue weighted by Crippen LogP contribution is 2.35. The number of pyridine rings is 1. The first-order valence-corrected chi connectivity index (χ1v) is 7.08. The second-order valence-electron chi connectivity index (χ2n) is 5.17. The highest BCUT2D eigenvalue weighted by atomic mass is 19.4. The highest BCUT2D eigenvalue weighted by Gasteiger charge is 2.35. The number of allylic oxidation sites excluding steroid dienone is 2. The quantitative estimate of drug-likeness (QED) is 0.928. The van der Waals surface area contributed by atoms with Crippen molar-refractivity contribution in [2.75, 3.05) is 0 Å². The van der Waals surface area contributed by atoms with Crippen molar-refractivity contribution in [1.29, 1.82) is 0 Å². The maximum absolute atomic E-state index is 13.0. The standard InChI is InChI=1S/C17H13F3N2O/c18-17(19,20)13-6-2-1-5-11(13)16(23)22-15-9-8-12(15)14-7-3-4-10-21-14/h1-7,10H,8-9H2,(H,22,23). The van der Waals surface area contributed by atoms with E-state index < -0.39 is 17.6 Å². The van der Waals surface area contributed by atoms with Crippen LogP contribution in [-0.4, -0.2) is 10.9 Å². The molecule has 0 aliphatic heterocycles. The summed E-state index contributed by atoms with van der Waals surface area (Å²) in [5, 5.41) is 2.59. The summed E-state index contributed by atoms with van der Waals surface area (Å²) < 4.78 is 38.9. The number of nitrogens with one attached hydrogen (secondary N) is 1. The van der Waals surface area contributed by atoms with Gasteiger partial charge in [-0.1, -0.05) is 18.2 Å². The van der Waals surface area contributed by atoms with Gasteiger partial charge in [-0.15, -0.1) is 0 Å². The zero-order valence-electron chi connectivity index (χ0n) is 12.0. The molecule has 0 saturated heterocycles. The molecule has 0 saturated carbocycles. The second kappa shape index (κ2) is 5.87. The van der Waals surface area contributed by atoms with Crippen molar-refractivity contribution in [3.05, 3.63) is 71.2 Å². The number of benzene rings is 1. The maximum atomic E-state index is 13.0. The molecule has 0 bridgehead atoms. The van der Waals surface area contributed by atoms with Crippen LogP contribution in [-0.2, 0) is 6.18 Å². The summed E-state index contributed by atoms with van der Waals surface area (Å²) in [5.41, 5.74) is 0.920. The molecule has 0 spiro atoms. The second-order valence-corrected chi connectivity index (χ2v) is 5.17. The lowest BCUT2D eigenvalue weighted by Crippen LogP contribution is -2.29. The van der Waals surface area contributed by atoms with Crippen LogP contribution in [0.25, 0.3) is 5.57 Å². The van der Waals surface area contributed by atoms with Gasteiger partial charge in [-0.2, -0.15) is 13.2 Å². The largest absolute Gasteiger partial charge is 0.417 e. The Labute approximate surface area is 130 Å². The van der Waals surface area contributed by atoms with E-state index in [1.807, 2.05) is 12.1 Å². The van der Waals surface area contributed by atoms with Gasteiger partial charge in [-0.05, 0) is 42.7 Å². The lowest BCUT2D eigenvalue weighted by molar-refractivity contribution is -0.137. The van der Waals surface area contributed by atoms with E-state index in [0.29, 0.717) is 12.1 Å². The van der Waals surface area contributed by atoms with Crippen LogP contribution in [0.1, 0.15) is 34.5 Å². The maximum Gasteiger partial charge on any atom is 0.417 e. The Morgan fingerprint density at radius 2 is 1.78 bits per heavy atom. The van der Waals surface area contributed by atoms with Crippen LogP contribution in [0.15, 0.2) is 54.4 Å². The number of carbonyl (C=O) groups is 1. The molecular formula is C17H13F3N2O. The number of hydrogen-bond acceptors (Lipinski definition) is 2. The summed E-state index contributed by atoms with van der Waals surface area (Å²) in [6.07, 6.45) is -1.57. The molecule has 2 aromatic rings. The number of alkyl halides is 3. The molecule has 118 valence electrons. The Kier molecular flexibility index (Phi) is 3.90. The van der Waals surface area contributed by atoms with Crippen molar-refractivity contribution in [3.63, 3.8) is 0 Å². The van der Waals surface area contributed by atoms with Gasteiger partial charge in [-0.3, -0.25) is 9.78 Å². The summed E-state index contributed by atoms with van der Waals surface area (Å²) in [5.74, 6) is -0.749. The zero-order valence-corrected chi connectivity index (χ0v) is 12.0. The van der Waals surface area contributed by atoms with Crippen LogP contribution in [0.3, 0.4) is 0 Å². The van der Waals surface area contributed by atoms with Crippen LogP contribution in [0.2, 0.25) is 0 Å². The topological polar surface area (TPSA) is 42.0 Å². The minimum atomic E-state index is -4.56. The minimum absolute atomic E-state index is 0.375. The van der Waals surface area contributed by atoms with Gasteiger partial charge in [0.25, 0.3) is 5.91 Å². The van der Waals surface area contributed by atoms with E-state index in [1.54, 1.807) is 12.3 Å². The van der Waals surface area contributed by atoms with Crippen molar-refractivity contribution in [2.45, 2.75) is 19.0 Å². The van der Waals surface area contributed by atoms with E-state index in [4.69, 9.17) is 0 Å². The Morgan fingerprint density at radius 3 is 2.39 bits per heavy atom. The normalized spacial score (nSPS) is 14.4.